The molecule has 0 N–H and O–H groups in total. The number of nitrogens with zero attached hydrogens (tertiary/aromatic N) is 3. The standard InChI is InChI=1S/C21H24FN3O/c1-24-20-6-2-15(12-17(20)3-7-21(24)26)14-25-10-8-16(9-11-25)19-5-4-18(22)13-23-19/h2,4-6,12-13,16H,3,7-11,14H2,1H3. The quantitative estimate of drug-likeness (QED) is 0.847. The van der Waals surface area contributed by atoms with Gasteiger partial charge in [0, 0.05) is 37.3 Å². The second-order valence-corrected chi connectivity index (χ2v) is 7.37. The van der Waals surface area contributed by atoms with Gasteiger partial charge in [-0.15, -0.1) is 0 Å². The van der Waals surface area contributed by atoms with Crippen LogP contribution in [0.4, 0.5) is 10.1 Å². The SMILES string of the molecule is CN1C(=O)CCc2cc(CN3CCC(c4ccc(F)cn4)CC3)ccc21. The lowest BCUT2D eigenvalue weighted by molar-refractivity contribution is -0.118. The highest BCUT2D eigenvalue weighted by molar-refractivity contribution is 5.95. The van der Waals surface area contributed by atoms with Gasteiger partial charge in [-0.1, -0.05) is 12.1 Å². The molecule has 26 heavy (non-hydrogen) atoms. The van der Waals surface area contributed by atoms with E-state index in [1.807, 2.05) is 13.1 Å². The molecule has 0 radical (unpaired) electrons. The van der Waals surface area contributed by atoms with E-state index in [-0.39, 0.29) is 11.7 Å². The Morgan fingerprint density at radius 2 is 1.96 bits per heavy atom. The molecule has 2 aliphatic rings. The van der Waals surface area contributed by atoms with E-state index in [9.17, 15) is 9.18 Å². The molecular weight excluding hydrogens is 329 g/mol. The van der Waals surface area contributed by atoms with Crippen LogP contribution in [0.25, 0.3) is 0 Å². The van der Waals surface area contributed by atoms with Crippen LogP contribution in [0.15, 0.2) is 36.5 Å². The van der Waals surface area contributed by atoms with Crippen molar-refractivity contribution in [2.24, 2.45) is 0 Å². The van der Waals surface area contributed by atoms with Gasteiger partial charge in [0.2, 0.25) is 5.91 Å². The predicted molar refractivity (Wildman–Crippen MR) is 99.6 cm³/mol. The van der Waals surface area contributed by atoms with Gasteiger partial charge in [0.05, 0.1) is 6.20 Å². The lowest BCUT2D eigenvalue weighted by Crippen LogP contribution is -2.33. The van der Waals surface area contributed by atoms with E-state index >= 15 is 0 Å². The van der Waals surface area contributed by atoms with E-state index in [4.69, 9.17) is 0 Å². The maximum absolute atomic E-state index is 13.0. The Hall–Kier alpha value is -2.27. The van der Waals surface area contributed by atoms with Crippen molar-refractivity contribution in [2.45, 2.75) is 38.1 Å². The lowest BCUT2D eigenvalue weighted by atomic mass is 9.92. The van der Waals surface area contributed by atoms with E-state index in [1.54, 1.807) is 4.90 Å². The molecule has 1 fully saturated rings. The molecule has 2 aliphatic heterocycles. The number of rotatable bonds is 3. The molecule has 0 atom stereocenters. The largest absolute Gasteiger partial charge is 0.315 e. The summed E-state index contributed by atoms with van der Waals surface area (Å²) in [5.41, 5.74) is 4.64. The molecule has 0 bridgehead atoms. The molecule has 1 aromatic carbocycles. The Labute approximate surface area is 153 Å². The van der Waals surface area contributed by atoms with Gasteiger partial charge in [-0.05, 0) is 61.7 Å². The van der Waals surface area contributed by atoms with Crippen molar-refractivity contribution in [1.29, 1.82) is 0 Å². The minimum atomic E-state index is -0.272. The number of fused-ring (bicyclic) bond motifs is 1. The maximum atomic E-state index is 13.0. The van der Waals surface area contributed by atoms with Crippen molar-refractivity contribution in [3.63, 3.8) is 0 Å². The highest BCUT2D eigenvalue weighted by Crippen LogP contribution is 2.30. The van der Waals surface area contributed by atoms with E-state index in [0.717, 1.165) is 50.3 Å². The van der Waals surface area contributed by atoms with Gasteiger partial charge in [0.1, 0.15) is 5.82 Å². The summed E-state index contributed by atoms with van der Waals surface area (Å²) in [6, 6.07) is 9.80. The second-order valence-electron chi connectivity index (χ2n) is 7.37. The third-order valence-corrected chi connectivity index (χ3v) is 5.65. The predicted octanol–water partition coefficient (Wildman–Crippen LogP) is 3.51. The number of aryl methyl sites for hydroxylation is 1. The highest BCUT2D eigenvalue weighted by Gasteiger charge is 2.23. The molecule has 0 unspecified atom stereocenters. The Balaban J connectivity index is 1.37. The molecule has 0 spiro atoms. The van der Waals surface area contributed by atoms with Crippen LogP contribution in [0, 0.1) is 5.82 Å². The zero-order valence-corrected chi connectivity index (χ0v) is 15.1. The molecule has 1 saturated heterocycles. The van der Waals surface area contributed by atoms with Gasteiger partial charge in [-0.2, -0.15) is 0 Å². The molecule has 2 aromatic rings. The zero-order chi connectivity index (χ0) is 18.1. The van der Waals surface area contributed by atoms with Gasteiger partial charge < -0.3 is 4.90 Å². The van der Waals surface area contributed by atoms with Crippen molar-refractivity contribution in [3.8, 4) is 0 Å². The Morgan fingerprint density at radius 1 is 1.15 bits per heavy atom. The van der Waals surface area contributed by atoms with Crippen LogP contribution in [0.3, 0.4) is 0 Å². The van der Waals surface area contributed by atoms with Crippen LogP contribution in [0.2, 0.25) is 0 Å². The Bertz CT molecular complexity index is 797. The zero-order valence-electron chi connectivity index (χ0n) is 15.1. The summed E-state index contributed by atoms with van der Waals surface area (Å²) >= 11 is 0. The number of amides is 1. The molecule has 1 amide bonds. The highest BCUT2D eigenvalue weighted by atomic mass is 19.1. The maximum Gasteiger partial charge on any atom is 0.227 e. The first-order chi connectivity index (χ1) is 12.6. The molecule has 5 heteroatoms. The molecule has 4 nitrogen and oxygen atoms in total. The number of likely N-dealkylation sites (tertiary alicyclic amines) is 1. The number of anilines is 1. The van der Waals surface area contributed by atoms with Crippen LogP contribution in [0.5, 0.6) is 0 Å². The molecule has 0 aliphatic carbocycles. The van der Waals surface area contributed by atoms with Crippen molar-refractivity contribution in [1.82, 2.24) is 9.88 Å². The van der Waals surface area contributed by atoms with E-state index < -0.39 is 0 Å². The van der Waals surface area contributed by atoms with Crippen LogP contribution >= 0.6 is 0 Å². The van der Waals surface area contributed by atoms with Gasteiger partial charge in [0.25, 0.3) is 0 Å². The normalized spacial score (nSPS) is 18.8. The van der Waals surface area contributed by atoms with Crippen LogP contribution in [-0.2, 0) is 17.8 Å². The van der Waals surface area contributed by atoms with Gasteiger partial charge in [-0.25, -0.2) is 4.39 Å². The Morgan fingerprint density at radius 3 is 2.69 bits per heavy atom. The molecule has 136 valence electrons. The summed E-state index contributed by atoms with van der Waals surface area (Å²) in [5.74, 6) is 0.350. The number of carbonyl (C=O) groups excluding carboxylic acids is 1. The van der Waals surface area contributed by atoms with E-state index in [1.165, 1.54) is 23.4 Å². The number of piperidine rings is 1. The fourth-order valence-corrected chi connectivity index (χ4v) is 4.08. The lowest BCUT2D eigenvalue weighted by Gasteiger charge is -2.32. The first-order valence-electron chi connectivity index (χ1n) is 9.32. The summed E-state index contributed by atoms with van der Waals surface area (Å²) in [6.45, 7) is 2.99. The van der Waals surface area contributed by atoms with Crippen molar-refractivity contribution in [2.75, 3.05) is 25.0 Å². The van der Waals surface area contributed by atoms with Gasteiger partial charge in [-0.3, -0.25) is 14.7 Å². The van der Waals surface area contributed by atoms with Gasteiger partial charge >= 0.3 is 0 Å². The van der Waals surface area contributed by atoms with Gasteiger partial charge in [0.15, 0.2) is 0 Å². The van der Waals surface area contributed by atoms with Crippen LogP contribution in [-0.4, -0.2) is 35.9 Å². The topological polar surface area (TPSA) is 36.4 Å². The van der Waals surface area contributed by atoms with E-state index in [2.05, 4.69) is 28.1 Å². The van der Waals surface area contributed by atoms with Crippen LogP contribution < -0.4 is 4.90 Å². The first-order valence-corrected chi connectivity index (χ1v) is 9.32. The second kappa shape index (κ2) is 7.16. The molecule has 4 rings (SSSR count). The number of benzene rings is 1. The third-order valence-electron chi connectivity index (χ3n) is 5.65. The van der Waals surface area contributed by atoms with Crippen molar-refractivity contribution < 1.29 is 9.18 Å². The summed E-state index contributed by atoms with van der Waals surface area (Å²) in [7, 11) is 1.86. The minimum Gasteiger partial charge on any atom is -0.315 e. The minimum absolute atomic E-state index is 0.196. The summed E-state index contributed by atoms with van der Waals surface area (Å²) in [6.07, 6.45) is 4.87. The molecule has 0 saturated carbocycles. The third kappa shape index (κ3) is 3.49. The number of halogens is 1. The fraction of sp³-hybridized carbons (Fsp3) is 0.429. The average molecular weight is 353 g/mol. The number of aromatic nitrogens is 1. The number of hydrogen-bond donors (Lipinski definition) is 0. The first kappa shape index (κ1) is 17.2. The number of hydrogen-bond acceptors (Lipinski definition) is 3. The molecule has 1 aromatic heterocycles. The summed E-state index contributed by atoms with van der Waals surface area (Å²) < 4.78 is 13.0. The van der Waals surface area contributed by atoms with E-state index in [0.29, 0.717) is 12.3 Å². The number of pyridine rings is 1. The molecular formula is C21H24FN3O. The number of carbonyl (C=O) groups is 1. The Kier molecular flexibility index (Phi) is 4.72. The smallest absolute Gasteiger partial charge is 0.227 e. The van der Waals surface area contributed by atoms with Crippen molar-refractivity contribution >= 4 is 11.6 Å². The summed E-state index contributed by atoms with van der Waals surface area (Å²) in [4.78, 5) is 20.3. The summed E-state index contributed by atoms with van der Waals surface area (Å²) in [5, 5.41) is 0. The van der Waals surface area contributed by atoms with Crippen molar-refractivity contribution in [3.05, 3.63) is 59.2 Å². The molecule has 3 heterocycles. The average Bonchev–Trinajstić information content (AvgIpc) is 2.66. The fourth-order valence-electron chi connectivity index (χ4n) is 4.08. The monoisotopic (exact) mass is 353 g/mol. The van der Waals surface area contributed by atoms with Crippen LogP contribution in [0.1, 0.15) is 42.0 Å².